The summed E-state index contributed by atoms with van der Waals surface area (Å²) in [4.78, 5) is 0. The molecule has 3 nitrogen and oxygen atoms in total. The molecule has 0 amide bonds. The van der Waals surface area contributed by atoms with Crippen LogP contribution in [-0.4, -0.2) is 16.3 Å². The molecule has 0 atom stereocenters. The van der Waals surface area contributed by atoms with Crippen molar-refractivity contribution >= 4 is 11.6 Å². The van der Waals surface area contributed by atoms with Gasteiger partial charge >= 0.3 is 0 Å². The normalized spacial score (nSPS) is 14.8. The molecule has 1 saturated carbocycles. The van der Waals surface area contributed by atoms with Gasteiger partial charge in [-0.3, -0.25) is 0 Å². The Morgan fingerprint density at radius 2 is 2.21 bits per heavy atom. The van der Waals surface area contributed by atoms with E-state index in [1.807, 2.05) is 23.0 Å². The van der Waals surface area contributed by atoms with Crippen LogP contribution in [0.5, 0.6) is 0 Å². The molecule has 4 heteroatoms. The van der Waals surface area contributed by atoms with Gasteiger partial charge in [-0.25, -0.2) is 4.68 Å². The molecule has 0 radical (unpaired) electrons. The minimum atomic E-state index is 0.674. The number of nitrogens with zero attached hydrogens (tertiary/aromatic N) is 2. The zero-order chi connectivity index (χ0) is 13.2. The number of benzene rings is 1. The summed E-state index contributed by atoms with van der Waals surface area (Å²) in [6.45, 7) is 3.91. The monoisotopic (exact) mass is 275 g/mol. The standard InChI is InChI=1S/C15H18ClN3/c1-2-17-10-11-3-6-15(13(16)9-11)19-8-7-14(18-19)12-4-5-12/h3,6-9,12,17H,2,4-5,10H2,1H3. The van der Waals surface area contributed by atoms with Crippen LogP contribution in [0.1, 0.15) is 36.9 Å². The highest BCUT2D eigenvalue weighted by Gasteiger charge is 2.26. The van der Waals surface area contributed by atoms with Crippen LogP contribution in [0.3, 0.4) is 0 Å². The average molecular weight is 276 g/mol. The first-order valence-corrected chi connectivity index (χ1v) is 7.21. The van der Waals surface area contributed by atoms with Crippen LogP contribution < -0.4 is 5.32 Å². The van der Waals surface area contributed by atoms with Gasteiger partial charge in [-0.05, 0) is 43.1 Å². The maximum atomic E-state index is 6.36. The number of hydrogen-bond donors (Lipinski definition) is 1. The van der Waals surface area contributed by atoms with Crippen molar-refractivity contribution in [2.24, 2.45) is 0 Å². The van der Waals surface area contributed by atoms with Crippen LogP contribution in [-0.2, 0) is 6.54 Å². The van der Waals surface area contributed by atoms with E-state index in [9.17, 15) is 0 Å². The third-order valence-corrected chi connectivity index (χ3v) is 3.75. The first kappa shape index (κ1) is 12.7. The number of rotatable bonds is 5. The molecule has 0 aliphatic heterocycles. The van der Waals surface area contributed by atoms with Crippen molar-refractivity contribution in [3.05, 3.63) is 46.7 Å². The Labute approximate surface area is 118 Å². The third-order valence-electron chi connectivity index (χ3n) is 3.44. The van der Waals surface area contributed by atoms with Gasteiger partial charge in [0.2, 0.25) is 0 Å². The van der Waals surface area contributed by atoms with Gasteiger partial charge in [0.15, 0.2) is 0 Å². The molecule has 1 aliphatic carbocycles. The molecule has 19 heavy (non-hydrogen) atoms. The van der Waals surface area contributed by atoms with Crippen molar-refractivity contribution in [3.8, 4) is 5.69 Å². The summed E-state index contributed by atoms with van der Waals surface area (Å²) in [6.07, 6.45) is 4.54. The average Bonchev–Trinajstić information content (AvgIpc) is 3.15. The van der Waals surface area contributed by atoms with E-state index in [1.165, 1.54) is 24.1 Å². The van der Waals surface area contributed by atoms with E-state index in [1.54, 1.807) is 0 Å². The third kappa shape index (κ3) is 2.82. The highest BCUT2D eigenvalue weighted by molar-refractivity contribution is 6.32. The maximum Gasteiger partial charge on any atom is 0.0832 e. The van der Waals surface area contributed by atoms with Crippen LogP contribution in [0.15, 0.2) is 30.5 Å². The summed E-state index contributed by atoms with van der Waals surface area (Å²) in [5.74, 6) is 0.674. The van der Waals surface area contributed by atoms with Crippen molar-refractivity contribution in [2.45, 2.75) is 32.2 Å². The Morgan fingerprint density at radius 3 is 2.89 bits per heavy atom. The molecular weight excluding hydrogens is 258 g/mol. The van der Waals surface area contributed by atoms with E-state index in [2.05, 4.69) is 29.5 Å². The van der Waals surface area contributed by atoms with Crippen molar-refractivity contribution in [3.63, 3.8) is 0 Å². The predicted molar refractivity (Wildman–Crippen MR) is 77.9 cm³/mol. The van der Waals surface area contributed by atoms with E-state index in [-0.39, 0.29) is 0 Å². The fourth-order valence-electron chi connectivity index (χ4n) is 2.18. The van der Waals surface area contributed by atoms with Crippen LogP contribution in [0, 0.1) is 0 Å². The number of hydrogen-bond acceptors (Lipinski definition) is 2. The quantitative estimate of drug-likeness (QED) is 0.905. The molecular formula is C15H18ClN3. The lowest BCUT2D eigenvalue weighted by molar-refractivity contribution is 0.726. The van der Waals surface area contributed by atoms with Gasteiger partial charge < -0.3 is 5.32 Å². The molecule has 100 valence electrons. The number of halogens is 1. The van der Waals surface area contributed by atoms with Crippen LogP contribution in [0.2, 0.25) is 5.02 Å². The van der Waals surface area contributed by atoms with Crippen molar-refractivity contribution < 1.29 is 0 Å². The Kier molecular flexibility index (Phi) is 3.58. The summed E-state index contributed by atoms with van der Waals surface area (Å²) in [7, 11) is 0. The van der Waals surface area contributed by atoms with E-state index in [0.29, 0.717) is 5.92 Å². The molecule has 1 heterocycles. The zero-order valence-corrected chi connectivity index (χ0v) is 11.8. The molecule has 1 fully saturated rings. The van der Waals surface area contributed by atoms with Crippen LogP contribution in [0.4, 0.5) is 0 Å². The van der Waals surface area contributed by atoms with Gasteiger partial charge in [0.1, 0.15) is 0 Å². The lowest BCUT2D eigenvalue weighted by Crippen LogP contribution is -2.11. The lowest BCUT2D eigenvalue weighted by Gasteiger charge is -2.07. The molecule has 0 bridgehead atoms. The Balaban J connectivity index is 1.82. The second-order valence-corrected chi connectivity index (χ2v) is 5.43. The number of aromatic nitrogens is 2. The molecule has 0 unspecified atom stereocenters. The van der Waals surface area contributed by atoms with Crippen LogP contribution >= 0.6 is 11.6 Å². The molecule has 0 spiro atoms. The molecule has 1 aromatic carbocycles. The van der Waals surface area contributed by atoms with E-state index in [0.717, 1.165) is 23.8 Å². The highest BCUT2D eigenvalue weighted by atomic mass is 35.5. The van der Waals surface area contributed by atoms with Gasteiger partial charge in [-0.1, -0.05) is 24.6 Å². The van der Waals surface area contributed by atoms with Gasteiger partial charge in [-0.15, -0.1) is 0 Å². The Morgan fingerprint density at radius 1 is 1.37 bits per heavy atom. The van der Waals surface area contributed by atoms with Gasteiger partial charge in [0.25, 0.3) is 0 Å². The fourth-order valence-corrected chi connectivity index (χ4v) is 2.47. The predicted octanol–water partition coefficient (Wildman–Crippen LogP) is 3.51. The van der Waals surface area contributed by atoms with Crippen molar-refractivity contribution in [1.29, 1.82) is 0 Å². The molecule has 1 aliphatic rings. The summed E-state index contributed by atoms with van der Waals surface area (Å²) >= 11 is 6.36. The van der Waals surface area contributed by atoms with Crippen molar-refractivity contribution in [2.75, 3.05) is 6.54 Å². The largest absolute Gasteiger partial charge is 0.313 e. The SMILES string of the molecule is CCNCc1ccc(-n2ccc(C3CC3)n2)c(Cl)c1. The van der Waals surface area contributed by atoms with E-state index < -0.39 is 0 Å². The van der Waals surface area contributed by atoms with Crippen LogP contribution in [0.25, 0.3) is 5.69 Å². The minimum Gasteiger partial charge on any atom is -0.313 e. The lowest BCUT2D eigenvalue weighted by atomic mass is 10.2. The zero-order valence-electron chi connectivity index (χ0n) is 11.1. The maximum absolute atomic E-state index is 6.36. The summed E-state index contributed by atoms with van der Waals surface area (Å²) in [5.41, 5.74) is 3.34. The summed E-state index contributed by atoms with van der Waals surface area (Å²) in [6, 6.07) is 8.25. The van der Waals surface area contributed by atoms with E-state index >= 15 is 0 Å². The molecule has 2 aromatic rings. The minimum absolute atomic E-state index is 0.674. The summed E-state index contributed by atoms with van der Waals surface area (Å²) in [5, 5.41) is 8.66. The fraction of sp³-hybridized carbons (Fsp3) is 0.400. The molecule has 0 saturated heterocycles. The first-order chi connectivity index (χ1) is 9.28. The second kappa shape index (κ2) is 5.35. The number of nitrogens with one attached hydrogen (secondary N) is 1. The van der Waals surface area contributed by atoms with Gasteiger partial charge in [-0.2, -0.15) is 5.10 Å². The van der Waals surface area contributed by atoms with E-state index in [4.69, 9.17) is 11.6 Å². The van der Waals surface area contributed by atoms with Gasteiger partial charge in [0.05, 0.1) is 16.4 Å². The Hall–Kier alpha value is -1.32. The smallest absolute Gasteiger partial charge is 0.0832 e. The topological polar surface area (TPSA) is 29.9 Å². The highest BCUT2D eigenvalue weighted by Crippen LogP contribution is 2.39. The van der Waals surface area contributed by atoms with Gasteiger partial charge in [0, 0.05) is 18.7 Å². The summed E-state index contributed by atoms with van der Waals surface area (Å²) < 4.78 is 1.88. The van der Waals surface area contributed by atoms with Crippen molar-refractivity contribution in [1.82, 2.24) is 15.1 Å². The Bertz CT molecular complexity index is 573. The first-order valence-electron chi connectivity index (χ1n) is 6.83. The molecule has 1 aromatic heterocycles. The molecule has 1 N–H and O–H groups in total. The molecule has 3 rings (SSSR count). The second-order valence-electron chi connectivity index (χ2n) is 5.03.